The van der Waals surface area contributed by atoms with Gasteiger partial charge in [0.2, 0.25) is 0 Å². The lowest BCUT2D eigenvalue weighted by Crippen LogP contribution is -1.95. The Kier molecular flexibility index (Phi) is 1.44. The summed E-state index contributed by atoms with van der Waals surface area (Å²) < 4.78 is 11.5. The summed E-state index contributed by atoms with van der Waals surface area (Å²) in [6, 6.07) is 1.47. The van der Waals surface area contributed by atoms with Gasteiger partial charge in [-0.15, -0.1) is 4.48 Å². The maximum Gasteiger partial charge on any atom is 0.253 e. The van der Waals surface area contributed by atoms with Crippen LogP contribution in [-0.2, 0) is 0 Å². The van der Waals surface area contributed by atoms with E-state index in [1.54, 1.807) is 0 Å². The zero-order valence-corrected chi connectivity index (χ0v) is 4.50. The van der Waals surface area contributed by atoms with Gasteiger partial charge in [0.15, 0.2) is 0 Å². The number of rotatable bonds is 1. The van der Waals surface area contributed by atoms with E-state index in [0.29, 0.717) is 0 Å². The van der Waals surface area contributed by atoms with Crippen molar-refractivity contribution in [3.05, 3.63) is 12.3 Å². The lowest BCUT2D eigenvalue weighted by Gasteiger charge is -1.92. The number of halogens is 1. The van der Waals surface area contributed by atoms with Gasteiger partial charge in [-0.1, -0.05) is 0 Å². The van der Waals surface area contributed by atoms with Gasteiger partial charge in [-0.2, -0.15) is 10.5 Å². The second-order valence-corrected chi connectivity index (χ2v) is 1.40. The van der Waals surface area contributed by atoms with E-state index in [4.69, 9.17) is 5.73 Å². The smallest absolute Gasteiger partial charge is 0.253 e. The van der Waals surface area contributed by atoms with Gasteiger partial charge in [0, 0.05) is 6.20 Å². The second-order valence-electron chi connectivity index (χ2n) is 1.40. The molecule has 0 saturated carbocycles. The van der Waals surface area contributed by atoms with Crippen molar-refractivity contribution in [2.75, 3.05) is 11.3 Å². The number of nitrogens with two attached hydrogens (primary N) is 1. The van der Waals surface area contributed by atoms with E-state index in [1.807, 2.05) is 0 Å². The van der Waals surface area contributed by atoms with Crippen LogP contribution in [-0.4, -0.2) is 9.97 Å². The highest BCUT2D eigenvalue weighted by Crippen LogP contribution is 1.99. The third-order valence-corrected chi connectivity index (χ3v) is 0.762. The Morgan fingerprint density at radius 1 is 1.67 bits per heavy atom. The molecule has 0 aromatic carbocycles. The van der Waals surface area contributed by atoms with Crippen molar-refractivity contribution in [2.45, 2.75) is 0 Å². The molecule has 1 aromatic rings. The molecule has 0 aliphatic heterocycles. The van der Waals surface area contributed by atoms with Crippen molar-refractivity contribution in [1.82, 2.24) is 9.97 Å². The summed E-state index contributed by atoms with van der Waals surface area (Å²) in [6.07, 6.45) is 1.37. The van der Waals surface area contributed by atoms with Crippen molar-refractivity contribution in [3.8, 4) is 0 Å². The molecule has 0 aliphatic rings. The molecule has 4 nitrogen and oxygen atoms in total. The summed E-state index contributed by atoms with van der Waals surface area (Å²) in [6.45, 7) is 0. The van der Waals surface area contributed by atoms with Crippen LogP contribution in [0.1, 0.15) is 0 Å². The molecule has 0 fully saturated rings. The summed E-state index contributed by atoms with van der Waals surface area (Å²) >= 11 is 0. The number of hydrogen-bond donors (Lipinski definition) is 2. The van der Waals surface area contributed by atoms with Crippen LogP contribution >= 0.6 is 0 Å². The number of nitrogens with one attached hydrogen (secondary N) is 1. The molecule has 0 saturated heterocycles. The van der Waals surface area contributed by atoms with Gasteiger partial charge in [-0.25, -0.2) is 4.98 Å². The zero-order chi connectivity index (χ0) is 6.69. The molecule has 0 aliphatic carbocycles. The predicted molar refractivity (Wildman–Crippen MR) is 31.2 cm³/mol. The molecule has 0 amide bonds. The molecular formula is C4H5FN4. The van der Waals surface area contributed by atoms with Crippen molar-refractivity contribution in [1.29, 1.82) is 0 Å². The van der Waals surface area contributed by atoms with Crippen molar-refractivity contribution < 1.29 is 4.48 Å². The van der Waals surface area contributed by atoms with Crippen LogP contribution in [0.5, 0.6) is 0 Å². The van der Waals surface area contributed by atoms with E-state index in [2.05, 4.69) is 9.97 Å². The van der Waals surface area contributed by atoms with Gasteiger partial charge in [-0.3, -0.25) is 0 Å². The Hall–Kier alpha value is -1.39. The van der Waals surface area contributed by atoms with Gasteiger partial charge in [-0.05, 0) is 6.07 Å². The largest absolute Gasteiger partial charge is 0.384 e. The third-order valence-electron chi connectivity index (χ3n) is 0.762. The predicted octanol–water partition coefficient (Wildman–Crippen LogP) is 0.355. The Bertz CT molecular complexity index is 202. The molecule has 9 heavy (non-hydrogen) atoms. The second kappa shape index (κ2) is 2.25. The average Bonchev–Trinajstić information content (AvgIpc) is 1.88. The number of nitrogens with zero attached hydrogens (tertiary/aromatic N) is 2. The van der Waals surface area contributed by atoms with E-state index in [-0.39, 0.29) is 11.8 Å². The number of anilines is 2. The lowest BCUT2D eigenvalue weighted by atomic mass is 10.6. The topological polar surface area (TPSA) is 63.8 Å². The molecule has 0 unspecified atom stereocenters. The highest BCUT2D eigenvalue weighted by molar-refractivity contribution is 5.33. The molecule has 1 aromatic heterocycles. The number of aromatic nitrogens is 2. The fourth-order valence-electron chi connectivity index (χ4n) is 0.418. The average molecular weight is 128 g/mol. The third kappa shape index (κ3) is 1.25. The minimum atomic E-state index is -0.116. The highest BCUT2D eigenvalue weighted by Gasteiger charge is 1.90. The monoisotopic (exact) mass is 128 g/mol. The molecule has 0 atom stereocenters. The molecule has 3 N–H and O–H groups in total. The summed E-state index contributed by atoms with van der Waals surface area (Å²) in [5.41, 5.74) is 6.44. The summed E-state index contributed by atoms with van der Waals surface area (Å²) in [7, 11) is 0. The Morgan fingerprint density at radius 2 is 2.44 bits per heavy atom. The molecule has 1 heterocycles. The van der Waals surface area contributed by atoms with E-state index in [0.717, 1.165) is 0 Å². The normalized spacial score (nSPS) is 9.00. The van der Waals surface area contributed by atoms with Crippen LogP contribution in [0.25, 0.3) is 0 Å². The fraction of sp³-hybridized carbons (Fsp3) is 0. The SMILES string of the molecule is Nc1ccnc(NF)n1. The maximum atomic E-state index is 11.5. The summed E-state index contributed by atoms with van der Waals surface area (Å²) in [4.78, 5) is 6.95. The molecule has 0 bridgehead atoms. The van der Waals surface area contributed by atoms with Crippen molar-refractivity contribution in [3.63, 3.8) is 0 Å². The Balaban J connectivity index is 2.94. The molecular weight excluding hydrogens is 123 g/mol. The summed E-state index contributed by atoms with van der Waals surface area (Å²) in [5.74, 6) is 0.125. The molecule has 5 heteroatoms. The van der Waals surface area contributed by atoms with Crippen molar-refractivity contribution in [2.24, 2.45) is 0 Å². The van der Waals surface area contributed by atoms with Gasteiger partial charge in [0.1, 0.15) is 5.82 Å². The lowest BCUT2D eigenvalue weighted by molar-refractivity contribution is 0.605. The number of nitrogen functional groups attached to an aromatic ring is 1. The van der Waals surface area contributed by atoms with Gasteiger partial charge < -0.3 is 5.73 Å². The minimum absolute atomic E-state index is 0.116. The van der Waals surface area contributed by atoms with Crippen LogP contribution in [0.15, 0.2) is 12.3 Å². The first-order valence-electron chi connectivity index (χ1n) is 2.28. The molecule has 0 radical (unpaired) electrons. The van der Waals surface area contributed by atoms with Crippen LogP contribution in [0.4, 0.5) is 16.2 Å². The van der Waals surface area contributed by atoms with Crippen LogP contribution in [0, 0.1) is 0 Å². The van der Waals surface area contributed by atoms with Crippen molar-refractivity contribution >= 4 is 11.8 Å². The van der Waals surface area contributed by atoms with E-state index >= 15 is 0 Å². The molecule has 1 rings (SSSR count). The van der Waals surface area contributed by atoms with Crippen LogP contribution in [0.2, 0.25) is 0 Å². The first-order chi connectivity index (χ1) is 4.33. The first kappa shape index (κ1) is 5.74. The first-order valence-corrected chi connectivity index (χ1v) is 2.28. The van der Waals surface area contributed by atoms with E-state index in [1.165, 1.54) is 17.8 Å². The molecule has 48 valence electrons. The van der Waals surface area contributed by atoms with Crippen LogP contribution in [0.3, 0.4) is 0 Å². The highest BCUT2D eigenvalue weighted by atomic mass is 19.2. The van der Waals surface area contributed by atoms with E-state index in [9.17, 15) is 4.48 Å². The maximum absolute atomic E-state index is 11.5. The Labute approximate surface area is 50.9 Å². The van der Waals surface area contributed by atoms with Gasteiger partial charge in [0.05, 0.1) is 0 Å². The zero-order valence-electron chi connectivity index (χ0n) is 4.50. The summed E-state index contributed by atoms with van der Waals surface area (Å²) in [5, 5.41) is 0. The quantitative estimate of drug-likeness (QED) is 0.536. The standard InChI is InChI=1S/C4H5FN4/c5-9-4-7-2-1-3(6)8-4/h1-2H,(H3,6,7,8,9). The number of hydrogen-bond acceptors (Lipinski definition) is 4. The van der Waals surface area contributed by atoms with Crippen LogP contribution < -0.4 is 11.3 Å². The van der Waals surface area contributed by atoms with Gasteiger partial charge >= 0.3 is 0 Å². The van der Waals surface area contributed by atoms with E-state index < -0.39 is 0 Å². The Morgan fingerprint density at radius 3 is 2.89 bits per heavy atom. The minimum Gasteiger partial charge on any atom is -0.384 e. The van der Waals surface area contributed by atoms with Gasteiger partial charge in [0.25, 0.3) is 5.95 Å². The molecule has 0 spiro atoms. The fourth-order valence-corrected chi connectivity index (χ4v) is 0.418.